The lowest BCUT2D eigenvalue weighted by molar-refractivity contribution is -0.384. The molecule has 0 atom stereocenters. The third-order valence-electron chi connectivity index (χ3n) is 3.60. The van der Waals surface area contributed by atoms with Gasteiger partial charge in [0.2, 0.25) is 0 Å². The zero-order chi connectivity index (χ0) is 14.8. The van der Waals surface area contributed by atoms with Crippen molar-refractivity contribution in [3.05, 3.63) is 63.1 Å². The average Bonchev–Trinajstić information content (AvgIpc) is 3.18. The minimum Gasteiger partial charge on any atom is -0.468 e. The highest BCUT2D eigenvalue weighted by Crippen LogP contribution is 2.31. The van der Waals surface area contributed by atoms with Crippen molar-refractivity contribution in [3.63, 3.8) is 0 Å². The van der Waals surface area contributed by atoms with Crippen LogP contribution in [0, 0.1) is 10.1 Å². The fourth-order valence-corrected chi connectivity index (χ4v) is 2.57. The molecule has 21 heavy (non-hydrogen) atoms. The lowest BCUT2D eigenvalue weighted by Crippen LogP contribution is -2.24. The maximum absolute atomic E-state index is 11.0. The van der Waals surface area contributed by atoms with Crippen molar-refractivity contribution in [2.24, 2.45) is 0 Å². The van der Waals surface area contributed by atoms with E-state index < -0.39 is 4.92 Å². The van der Waals surface area contributed by atoms with E-state index in [4.69, 9.17) is 16.0 Å². The molecule has 0 spiro atoms. The Labute approximate surface area is 127 Å². The van der Waals surface area contributed by atoms with Crippen LogP contribution >= 0.6 is 11.6 Å². The van der Waals surface area contributed by atoms with Gasteiger partial charge in [0.05, 0.1) is 17.7 Å². The average molecular weight is 307 g/mol. The summed E-state index contributed by atoms with van der Waals surface area (Å²) in [6, 6.07) is 9.33. The topological polar surface area (TPSA) is 59.5 Å². The number of halogens is 1. The van der Waals surface area contributed by atoms with E-state index in [1.807, 2.05) is 18.2 Å². The van der Waals surface area contributed by atoms with Crippen LogP contribution in [0.3, 0.4) is 0 Å². The van der Waals surface area contributed by atoms with E-state index >= 15 is 0 Å². The van der Waals surface area contributed by atoms with E-state index in [1.165, 1.54) is 0 Å². The van der Waals surface area contributed by atoms with Gasteiger partial charge in [-0.25, -0.2) is 0 Å². The van der Waals surface area contributed by atoms with E-state index in [9.17, 15) is 10.1 Å². The Hall–Kier alpha value is -1.85. The summed E-state index contributed by atoms with van der Waals surface area (Å²) in [7, 11) is 0. The van der Waals surface area contributed by atoms with Gasteiger partial charge in [-0.05, 0) is 36.6 Å². The Morgan fingerprint density at radius 2 is 2.14 bits per heavy atom. The molecule has 5 nitrogen and oxygen atoms in total. The van der Waals surface area contributed by atoms with Crippen LogP contribution in [-0.2, 0) is 13.1 Å². The second-order valence-electron chi connectivity index (χ2n) is 5.26. The molecular weight excluding hydrogens is 292 g/mol. The van der Waals surface area contributed by atoms with Crippen molar-refractivity contribution in [3.8, 4) is 0 Å². The van der Waals surface area contributed by atoms with Gasteiger partial charge in [0.25, 0.3) is 5.69 Å². The van der Waals surface area contributed by atoms with Crippen molar-refractivity contribution >= 4 is 17.3 Å². The van der Waals surface area contributed by atoms with Crippen LogP contribution in [0.4, 0.5) is 5.69 Å². The molecule has 1 fully saturated rings. The molecule has 1 aromatic carbocycles. The van der Waals surface area contributed by atoms with Gasteiger partial charge in [0, 0.05) is 18.7 Å². The molecule has 1 aliphatic rings. The second kappa shape index (κ2) is 5.87. The minimum absolute atomic E-state index is 0.0390. The summed E-state index contributed by atoms with van der Waals surface area (Å²) >= 11 is 5.85. The Balaban J connectivity index is 1.76. The Morgan fingerprint density at radius 3 is 2.76 bits per heavy atom. The van der Waals surface area contributed by atoms with Gasteiger partial charge in [-0.15, -0.1) is 0 Å². The highest BCUT2D eigenvalue weighted by molar-refractivity contribution is 6.32. The van der Waals surface area contributed by atoms with Gasteiger partial charge in [-0.2, -0.15) is 0 Å². The second-order valence-corrected chi connectivity index (χ2v) is 5.67. The van der Waals surface area contributed by atoms with Crippen molar-refractivity contribution in [2.45, 2.75) is 32.0 Å². The van der Waals surface area contributed by atoms with Crippen LogP contribution in [0.15, 0.2) is 41.0 Å². The molecule has 3 rings (SSSR count). The first kappa shape index (κ1) is 14.1. The first-order valence-electron chi connectivity index (χ1n) is 6.83. The van der Waals surface area contributed by atoms with Crippen LogP contribution < -0.4 is 0 Å². The summed E-state index contributed by atoms with van der Waals surface area (Å²) in [6.07, 6.45) is 3.99. The first-order chi connectivity index (χ1) is 10.1. The summed E-state index contributed by atoms with van der Waals surface area (Å²) in [6.45, 7) is 1.37. The van der Waals surface area contributed by atoms with E-state index in [0.717, 1.165) is 24.2 Å². The molecule has 1 heterocycles. The summed E-state index contributed by atoms with van der Waals surface area (Å²) in [5.74, 6) is 0.908. The Morgan fingerprint density at radius 1 is 1.33 bits per heavy atom. The highest BCUT2D eigenvalue weighted by Gasteiger charge is 2.29. The number of nitrogens with zero attached hydrogens (tertiary/aromatic N) is 2. The maximum atomic E-state index is 11.0. The monoisotopic (exact) mass is 306 g/mol. The predicted octanol–water partition coefficient (Wildman–Crippen LogP) is 4.01. The summed E-state index contributed by atoms with van der Waals surface area (Å²) in [4.78, 5) is 12.8. The van der Waals surface area contributed by atoms with E-state index in [2.05, 4.69) is 4.90 Å². The van der Waals surface area contributed by atoms with E-state index in [0.29, 0.717) is 19.1 Å². The SMILES string of the molecule is O=[N+]([O-])c1cc(CN(Cc2ccco2)C2CC2)ccc1Cl. The zero-order valence-corrected chi connectivity index (χ0v) is 12.1. The lowest BCUT2D eigenvalue weighted by Gasteiger charge is -2.20. The largest absolute Gasteiger partial charge is 0.468 e. The summed E-state index contributed by atoms with van der Waals surface area (Å²) in [5.41, 5.74) is 0.854. The van der Waals surface area contributed by atoms with Crippen LogP contribution in [0.5, 0.6) is 0 Å². The quantitative estimate of drug-likeness (QED) is 0.597. The van der Waals surface area contributed by atoms with Crippen molar-refractivity contribution in [1.82, 2.24) is 4.90 Å². The van der Waals surface area contributed by atoms with Crippen LogP contribution in [0.2, 0.25) is 5.02 Å². The van der Waals surface area contributed by atoms with Gasteiger partial charge in [0.15, 0.2) is 0 Å². The predicted molar refractivity (Wildman–Crippen MR) is 79.1 cm³/mol. The molecule has 110 valence electrons. The molecule has 1 saturated carbocycles. The van der Waals surface area contributed by atoms with Crippen molar-refractivity contribution < 1.29 is 9.34 Å². The van der Waals surface area contributed by atoms with Crippen LogP contribution in [0.1, 0.15) is 24.2 Å². The maximum Gasteiger partial charge on any atom is 0.288 e. The first-order valence-corrected chi connectivity index (χ1v) is 7.20. The van der Waals surface area contributed by atoms with Gasteiger partial charge in [0.1, 0.15) is 10.8 Å². The molecule has 0 N–H and O–H groups in total. The summed E-state index contributed by atoms with van der Waals surface area (Å²) in [5, 5.41) is 11.1. The Bertz CT molecular complexity index is 638. The van der Waals surface area contributed by atoms with Gasteiger partial charge < -0.3 is 4.42 Å². The molecule has 2 aromatic rings. The fourth-order valence-electron chi connectivity index (χ4n) is 2.39. The third-order valence-corrected chi connectivity index (χ3v) is 3.91. The molecule has 0 amide bonds. The third kappa shape index (κ3) is 3.43. The smallest absolute Gasteiger partial charge is 0.288 e. The van der Waals surface area contributed by atoms with Crippen LogP contribution in [0.25, 0.3) is 0 Å². The highest BCUT2D eigenvalue weighted by atomic mass is 35.5. The fraction of sp³-hybridized carbons (Fsp3) is 0.333. The van der Waals surface area contributed by atoms with Gasteiger partial charge in [-0.3, -0.25) is 15.0 Å². The molecular formula is C15H15ClN2O3. The molecule has 1 aliphatic carbocycles. The Kier molecular flexibility index (Phi) is 3.94. The number of hydrogen-bond donors (Lipinski definition) is 0. The van der Waals surface area contributed by atoms with Crippen molar-refractivity contribution in [1.29, 1.82) is 0 Å². The molecule has 0 radical (unpaired) electrons. The number of furan rings is 1. The molecule has 1 aromatic heterocycles. The lowest BCUT2D eigenvalue weighted by atomic mass is 10.2. The summed E-state index contributed by atoms with van der Waals surface area (Å²) < 4.78 is 5.39. The van der Waals surface area contributed by atoms with Crippen LogP contribution in [-0.4, -0.2) is 15.9 Å². The molecule has 0 bridgehead atoms. The molecule has 0 saturated heterocycles. The van der Waals surface area contributed by atoms with Crippen molar-refractivity contribution in [2.75, 3.05) is 0 Å². The van der Waals surface area contributed by atoms with E-state index in [1.54, 1.807) is 18.4 Å². The molecule has 0 aliphatic heterocycles. The molecule has 6 heteroatoms. The molecule has 0 unspecified atom stereocenters. The van der Waals surface area contributed by atoms with Gasteiger partial charge >= 0.3 is 0 Å². The number of benzene rings is 1. The zero-order valence-electron chi connectivity index (χ0n) is 11.4. The number of hydrogen-bond acceptors (Lipinski definition) is 4. The minimum atomic E-state index is -0.445. The number of nitro benzene ring substituents is 1. The van der Waals surface area contributed by atoms with E-state index in [-0.39, 0.29) is 10.7 Å². The standard InChI is InChI=1S/C15H15ClN2O3/c16-14-6-3-11(8-15(14)18(19)20)9-17(12-4-5-12)10-13-2-1-7-21-13/h1-3,6-8,12H,4-5,9-10H2. The van der Waals surface area contributed by atoms with Gasteiger partial charge in [-0.1, -0.05) is 17.7 Å². The normalized spacial score (nSPS) is 14.6. The number of rotatable bonds is 6. The number of nitro groups is 1.